The van der Waals surface area contributed by atoms with Crippen LogP contribution in [0.25, 0.3) is 0 Å². The Balaban J connectivity index is 2.19. The second kappa shape index (κ2) is 13.6. The molecule has 0 aliphatic rings. The van der Waals surface area contributed by atoms with Gasteiger partial charge in [-0.1, -0.05) is 49.9 Å². The van der Waals surface area contributed by atoms with Crippen LogP contribution < -0.4 is 0 Å². The number of carbonyl (C=O) groups excluding carboxylic acids is 1. The number of alkyl halides is 2. The molecule has 30 heavy (non-hydrogen) atoms. The van der Waals surface area contributed by atoms with Crippen LogP contribution in [-0.2, 0) is 12.8 Å². The lowest BCUT2D eigenvalue weighted by Gasteiger charge is -2.14. The van der Waals surface area contributed by atoms with Crippen molar-refractivity contribution in [3.63, 3.8) is 0 Å². The maximum absolute atomic E-state index is 13.4. The smallest absolute Gasteiger partial charge is 0.193 e. The molecule has 0 fully saturated rings. The summed E-state index contributed by atoms with van der Waals surface area (Å²) in [5.74, 6) is 1.48. The number of unbranched alkanes of at least 4 members (excludes halogenated alkanes) is 6. The summed E-state index contributed by atoms with van der Waals surface area (Å²) in [7, 11) is 0. The number of ketones is 1. The monoisotopic (exact) mass is 450 g/mol. The van der Waals surface area contributed by atoms with Gasteiger partial charge in [-0.25, -0.2) is 0 Å². The van der Waals surface area contributed by atoms with E-state index in [1.807, 2.05) is 0 Å². The number of phenolic OH excluding ortho intramolecular Hbond substituents is 2. The number of carbonyl (C=O) groups is 1. The maximum atomic E-state index is 13.4. The van der Waals surface area contributed by atoms with Crippen LogP contribution in [0.3, 0.4) is 0 Å². The van der Waals surface area contributed by atoms with Gasteiger partial charge < -0.3 is 10.2 Å². The lowest BCUT2D eigenvalue weighted by Crippen LogP contribution is -2.09. The van der Waals surface area contributed by atoms with Crippen LogP contribution in [0.15, 0.2) is 36.4 Å². The SMILES string of the molecule is O=C(c1cccc(O)c1CCCCCCCl)c1cccc(O)c1CCCCCCCl. The van der Waals surface area contributed by atoms with Crippen molar-refractivity contribution in [3.05, 3.63) is 58.7 Å². The number of phenols is 2. The Hall–Kier alpha value is -1.71. The molecule has 0 aromatic heterocycles. The molecule has 0 aliphatic heterocycles. The first kappa shape index (κ1) is 24.6. The standard InChI is InChI=1S/C25H32Cl2O3/c26-17-7-3-1-5-11-19-21(13-9-15-23(19)28)25(30)22-14-10-16-24(29)20(22)12-6-2-4-8-18-27/h9-10,13-16,28-29H,1-8,11-12,17-18H2. The van der Waals surface area contributed by atoms with Crippen LogP contribution >= 0.6 is 23.2 Å². The summed E-state index contributed by atoms with van der Waals surface area (Å²) in [6.07, 6.45) is 9.12. The van der Waals surface area contributed by atoms with Crippen LogP contribution in [0.5, 0.6) is 11.5 Å². The van der Waals surface area contributed by atoms with E-state index in [-0.39, 0.29) is 17.3 Å². The third-order valence-corrected chi connectivity index (χ3v) is 5.95. The lowest BCUT2D eigenvalue weighted by molar-refractivity contribution is 0.103. The maximum Gasteiger partial charge on any atom is 0.193 e. The van der Waals surface area contributed by atoms with Crippen molar-refractivity contribution >= 4 is 29.0 Å². The predicted octanol–water partition coefficient (Wildman–Crippen LogP) is 7.01. The van der Waals surface area contributed by atoms with E-state index in [9.17, 15) is 15.0 Å². The number of halogens is 2. The Labute approximate surface area is 190 Å². The minimum Gasteiger partial charge on any atom is -0.508 e. The van der Waals surface area contributed by atoms with Gasteiger partial charge in [0.25, 0.3) is 0 Å². The average molecular weight is 451 g/mol. The fourth-order valence-electron chi connectivity index (χ4n) is 3.74. The normalized spacial score (nSPS) is 11.0. The molecule has 0 bridgehead atoms. The van der Waals surface area contributed by atoms with Gasteiger partial charge in [0, 0.05) is 34.0 Å². The van der Waals surface area contributed by atoms with E-state index in [1.165, 1.54) is 0 Å². The van der Waals surface area contributed by atoms with E-state index < -0.39 is 0 Å². The van der Waals surface area contributed by atoms with Gasteiger partial charge >= 0.3 is 0 Å². The molecule has 0 spiro atoms. The molecule has 164 valence electrons. The van der Waals surface area contributed by atoms with Crippen molar-refractivity contribution in [2.45, 2.75) is 64.2 Å². The molecule has 0 saturated heterocycles. The predicted molar refractivity (Wildman–Crippen MR) is 125 cm³/mol. The molecule has 0 unspecified atom stereocenters. The highest BCUT2D eigenvalue weighted by Crippen LogP contribution is 2.30. The van der Waals surface area contributed by atoms with Crippen LogP contribution in [0.4, 0.5) is 0 Å². The van der Waals surface area contributed by atoms with Crippen molar-refractivity contribution < 1.29 is 15.0 Å². The van der Waals surface area contributed by atoms with E-state index in [4.69, 9.17) is 23.2 Å². The molecule has 0 aliphatic carbocycles. The average Bonchev–Trinajstić information content (AvgIpc) is 2.74. The Morgan fingerprint density at radius 1 is 0.633 bits per heavy atom. The van der Waals surface area contributed by atoms with Crippen LogP contribution in [0.2, 0.25) is 0 Å². The summed E-state index contributed by atoms with van der Waals surface area (Å²) in [5, 5.41) is 20.8. The third kappa shape index (κ3) is 7.21. The fourth-order valence-corrected chi connectivity index (χ4v) is 4.12. The molecule has 0 amide bonds. The number of benzene rings is 2. The summed E-state index contributed by atoms with van der Waals surface area (Å²) < 4.78 is 0. The van der Waals surface area contributed by atoms with Gasteiger partial charge in [0.1, 0.15) is 11.5 Å². The molecular formula is C25H32Cl2O3. The van der Waals surface area contributed by atoms with Crippen LogP contribution in [0, 0.1) is 0 Å². The summed E-state index contributed by atoms with van der Waals surface area (Å²) in [5.41, 5.74) is 2.40. The Kier molecular flexibility index (Phi) is 11.1. The summed E-state index contributed by atoms with van der Waals surface area (Å²) >= 11 is 11.5. The van der Waals surface area contributed by atoms with E-state index in [1.54, 1.807) is 36.4 Å². The molecule has 0 radical (unpaired) electrons. The fraction of sp³-hybridized carbons (Fsp3) is 0.480. The first-order valence-electron chi connectivity index (χ1n) is 10.9. The van der Waals surface area contributed by atoms with E-state index >= 15 is 0 Å². The van der Waals surface area contributed by atoms with Gasteiger partial charge in [-0.3, -0.25) is 4.79 Å². The summed E-state index contributed by atoms with van der Waals surface area (Å²) in [4.78, 5) is 13.4. The molecule has 0 heterocycles. The zero-order valence-electron chi connectivity index (χ0n) is 17.5. The van der Waals surface area contributed by atoms with Gasteiger partial charge in [-0.2, -0.15) is 0 Å². The highest BCUT2D eigenvalue weighted by atomic mass is 35.5. The molecule has 2 rings (SSSR count). The summed E-state index contributed by atoms with van der Waals surface area (Å²) in [6.45, 7) is 0. The number of rotatable bonds is 14. The van der Waals surface area contributed by atoms with Crippen molar-refractivity contribution in [3.8, 4) is 11.5 Å². The Morgan fingerprint density at radius 2 is 1.03 bits per heavy atom. The van der Waals surface area contributed by atoms with Crippen molar-refractivity contribution in [1.29, 1.82) is 0 Å². The van der Waals surface area contributed by atoms with Crippen LogP contribution in [0.1, 0.15) is 78.4 Å². The summed E-state index contributed by atoms with van der Waals surface area (Å²) in [6, 6.07) is 10.2. The van der Waals surface area contributed by atoms with Gasteiger partial charge in [-0.15, -0.1) is 23.2 Å². The van der Waals surface area contributed by atoms with E-state index in [0.717, 1.165) is 51.4 Å². The molecule has 3 nitrogen and oxygen atoms in total. The largest absolute Gasteiger partial charge is 0.508 e. The molecule has 0 atom stereocenters. The van der Waals surface area contributed by atoms with E-state index in [0.29, 0.717) is 46.9 Å². The zero-order chi connectivity index (χ0) is 21.8. The van der Waals surface area contributed by atoms with E-state index in [2.05, 4.69) is 0 Å². The Morgan fingerprint density at radius 3 is 1.43 bits per heavy atom. The molecule has 2 aromatic rings. The third-order valence-electron chi connectivity index (χ3n) is 5.41. The van der Waals surface area contributed by atoms with Crippen LogP contribution in [-0.4, -0.2) is 27.8 Å². The van der Waals surface area contributed by atoms with Crippen molar-refractivity contribution in [2.24, 2.45) is 0 Å². The van der Waals surface area contributed by atoms with Gasteiger partial charge in [0.2, 0.25) is 0 Å². The van der Waals surface area contributed by atoms with Gasteiger partial charge in [0.05, 0.1) is 0 Å². The molecule has 2 aromatic carbocycles. The first-order valence-corrected chi connectivity index (χ1v) is 12.0. The molecule has 2 N–H and O–H groups in total. The lowest BCUT2D eigenvalue weighted by atomic mass is 9.90. The van der Waals surface area contributed by atoms with Gasteiger partial charge in [0.15, 0.2) is 5.78 Å². The number of hydrogen-bond acceptors (Lipinski definition) is 3. The van der Waals surface area contributed by atoms with Crippen molar-refractivity contribution in [2.75, 3.05) is 11.8 Å². The second-order valence-corrected chi connectivity index (χ2v) is 8.40. The zero-order valence-corrected chi connectivity index (χ0v) is 19.0. The molecule has 5 heteroatoms. The first-order chi connectivity index (χ1) is 14.6. The highest BCUT2D eigenvalue weighted by Gasteiger charge is 2.20. The minimum absolute atomic E-state index is 0.145. The minimum atomic E-state index is -0.145. The highest BCUT2D eigenvalue weighted by molar-refractivity contribution is 6.18. The van der Waals surface area contributed by atoms with Gasteiger partial charge in [-0.05, 0) is 50.7 Å². The molecule has 0 saturated carbocycles. The van der Waals surface area contributed by atoms with Crippen molar-refractivity contribution in [1.82, 2.24) is 0 Å². The molecular weight excluding hydrogens is 419 g/mol. The quantitative estimate of drug-likeness (QED) is 0.184. The Bertz CT molecular complexity index is 739. The number of aromatic hydroxyl groups is 2. The second-order valence-electron chi connectivity index (χ2n) is 7.64. The number of hydrogen-bond donors (Lipinski definition) is 2. The topological polar surface area (TPSA) is 57.5 Å².